The molecule has 0 aliphatic rings. The summed E-state index contributed by atoms with van der Waals surface area (Å²) in [6, 6.07) is 3.92. The monoisotopic (exact) mass is 226 g/mol. The highest BCUT2D eigenvalue weighted by Crippen LogP contribution is 2.28. The predicted molar refractivity (Wildman–Crippen MR) is 65.3 cm³/mol. The topological polar surface area (TPSA) is 20.2 Å². The largest absolute Gasteiger partial charge is 0.388 e. The molecule has 0 bridgehead atoms. The van der Waals surface area contributed by atoms with Gasteiger partial charge in [-0.25, -0.2) is 0 Å². The lowest BCUT2D eigenvalue weighted by molar-refractivity contribution is 0.150. The summed E-state index contributed by atoms with van der Waals surface area (Å²) in [5.74, 6) is 0.496. The number of rotatable bonds is 3. The molecule has 0 aromatic heterocycles. The molecule has 1 rings (SSSR count). The summed E-state index contributed by atoms with van der Waals surface area (Å²) in [6.45, 7) is 8.18. The summed E-state index contributed by atoms with van der Waals surface area (Å²) in [7, 11) is 0. The Labute approximate surface area is 97.1 Å². The van der Waals surface area contributed by atoms with Crippen LogP contribution in [0.4, 0.5) is 0 Å². The van der Waals surface area contributed by atoms with Crippen molar-refractivity contribution in [3.8, 4) is 0 Å². The lowest BCUT2D eigenvalue weighted by Gasteiger charge is -2.17. The van der Waals surface area contributed by atoms with Crippen molar-refractivity contribution in [1.29, 1.82) is 0 Å². The normalized spacial score (nSPS) is 13.3. The maximum Gasteiger partial charge on any atom is 0.0795 e. The van der Waals surface area contributed by atoms with E-state index in [2.05, 4.69) is 13.8 Å². The summed E-state index contributed by atoms with van der Waals surface area (Å²) in [4.78, 5) is 0. The standard InChI is InChI=1S/C13H19ClO/c1-8(2)5-13(15)11-6-10(4)12(14)7-9(11)3/h6-8,13,15H,5H2,1-4H3. The van der Waals surface area contributed by atoms with Crippen LogP contribution in [0.3, 0.4) is 0 Å². The lowest BCUT2D eigenvalue weighted by Crippen LogP contribution is -2.04. The van der Waals surface area contributed by atoms with E-state index in [-0.39, 0.29) is 6.10 Å². The van der Waals surface area contributed by atoms with Crippen molar-refractivity contribution in [3.63, 3.8) is 0 Å². The van der Waals surface area contributed by atoms with E-state index in [0.29, 0.717) is 5.92 Å². The van der Waals surface area contributed by atoms with E-state index in [0.717, 1.165) is 28.1 Å². The van der Waals surface area contributed by atoms with Crippen LogP contribution >= 0.6 is 11.6 Å². The van der Waals surface area contributed by atoms with Gasteiger partial charge < -0.3 is 5.11 Å². The molecule has 15 heavy (non-hydrogen) atoms. The molecular weight excluding hydrogens is 208 g/mol. The van der Waals surface area contributed by atoms with Crippen LogP contribution in [0.2, 0.25) is 5.02 Å². The molecular formula is C13H19ClO. The highest BCUT2D eigenvalue weighted by Gasteiger charge is 2.13. The molecule has 1 aromatic rings. The van der Waals surface area contributed by atoms with Crippen LogP contribution in [-0.2, 0) is 0 Å². The number of aryl methyl sites for hydroxylation is 2. The van der Waals surface area contributed by atoms with Crippen molar-refractivity contribution in [1.82, 2.24) is 0 Å². The van der Waals surface area contributed by atoms with Crippen molar-refractivity contribution in [3.05, 3.63) is 33.8 Å². The Morgan fingerprint density at radius 1 is 1.20 bits per heavy atom. The second kappa shape index (κ2) is 5.00. The molecule has 2 heteroatoms. The molecule has 0 aliphatic heterocycles. The molecule has 0 fully saturated rings. The Hall–Kier alpha value is -0.530. The van der Waals surface area contributed by atoms with Crippen molar-refractivity contribution in [2.75, 3.05) is 0 Å². The van der Waals surface area contributed by atoms with Crippen LogP contribution in [-0.4, -0.2) is 5.11 Å². The van der Waals surface area contributed by atoms with Crippen molar-refractivity contribution < 1.29 is 5.11 Å². The predicted octanol–water partition coefficient (Wildman–Crippen LogP) is 4.04. The van der Waals surface area contributed by atoms with Gasteiger partial charge in [0.1, 0.15) is 0 Å². The van der Waals surface area contributed by atoms with Gasteiger partial charge >= 0.3 is 0 Å². The number of hydrogen-bond donors (Lipinski definition) is 1. The van der Waals surface area contributed by atoms with E-state index < -0.39 is 0 Å². The van der Waals surface area contributed by atoms with Crippen LogP contribution in [0.15, 0.2) is 12.1 Å². The van der Waals surface area contributed by atoms with Gasteiger partial charge in [0.15, 0.2) is 0 Å². The fraction of sp³-hybridized carbons (Fsp3) is 0.538. The van der Waals surface area contributed by atoms with Gasteiger partial charge in [-0.3, -0.25) is 0 Å². The smallest absolute Gasteiger partial charge is 0.0795 e. The van der Waals surface area contributed by atoms with Gasteiger partial charge in [0, 0.05) is 5.02 Å². The highest BCUT2D eigenvalue weighted by atomic mass is 35.5. The minimum Gasteiger partial charge on any atom is -0.388 e. The van der Waals surface area contributed by atoms with Crippen molar-refractivity contribution in [2.45, 2.75) is 40.2 Å². The molecule has 0 saturated heterocycles. The minimum absolute atomic E-state index is 0.374. The van der Waals surface area contributed by atoms with E-state index >= 15 is 0 Å². The molecule has 1 aromatic carbocycles. The average molecular weight is 227 g/mol. The number of hydrogen-bond acceptors (Lipinski definition) is 1. The first-order valence-electron chi connectivity index (χ1n) is 5.36. The average Bonchev–Trinajstić information content (AvgIpc) is 2.09. The second-order valence-corrected chi connectivity index (χ2v) is 5.01. The number of aliphatic hydroxyl groups excluding tert-OH is 1. The Morgan fingerprint density at radius 2 is 1.80 bits per heavy atom. The Morgan fingerprint density at radius 3 is 2.33 bits per heavy atom. The lowest BCUT2D eigenvalue weighted by atomic mass is 9.95. The molecule has 0 aliphatic carbocycles. The molecule has 0 spiro atoms. The van der Waals surface area contributed by atoms with Gasteiger partial charge in [-0.2, -0.15) is 0 Å². The van der Waals surface area contributed by atoms with Crippen LogP contribution in [0.25, 0.3) is 0 Å². The second-order valence-electron chi connectivity index (χ2n) is 4.60. The summed E-state index contributed by atoms with van der Waals surface area (Å²) in [5.41, 5.74) is 3.10. The maximum absolute atomic E-state index is 10.0. The first-order valence-corrected chi connectivity index (χ1v) is 5.74. The SMILES string of the molecule is Cc1cc(C(O)CC(C)C)c(C)cc1Cl. The maximum atomic E-state index is 10.0. The molecule has 0 radical (unpaired) electrons. The number of benzene rings is 1. The van der Waals surface area contributed by atoms with Gasteiger partial charge in [-0.05, 0) is 48.9 Å². The van der Waals surface area contributed by atoms with Crippen LogP contribution in [0, 0.1) is 19.8 Å². The number of halogens is 1. The van der Waals surface area contributed by atoms with Gasteiger partial charge in [-0.15, -0.1) is 0 Å². The van der Waals surface area contributed by atoms with E-state index in [1.807, 2.05) is 26.0 Å². The molecule has 84 valence electrons. The quantitative estimate of drug-likeness (QED) is 0.825. The van der Waals surface area contributed by atoms with Gasteiger partial charge in [0.05, 0.1) is 6.10 Å². The third-order valence-electron chi connectivity index (χ3n) is 2.60. The van der Waals surface area contributed by atoms with E-state index in [1.165, 1.54) is 0 Å². The third kappa shape index (κ3) is 3.22. The minimum atomic E-state index is -0.374. The molecule has 1 unspecified atom stereocenters. The van der Waals surface area contributed by atoms with E-state index in [9.17, 15) is 5.11 Å². The zero-order valence-corrected chi connectivity index (χ0v) is 10.6. The molecule has 0 heterocycles. The van der Waals surface area contributed by atoms with Crippen LogP contribution in [0.1, 0.15) is 43.1 Å². The zero-order valence-electron chi connectivity index (χ0n) is 9.84. The molecule has 0 amide bonds. The zero-order chi connectivity index (χ0) is 11.6. The van der Waals surface area contributed by atoms with Gasteiger partial charge in [0.2, 0.25) is 0 Å². The van der Waals surface area contributed by atoms with Crippen molar-refractivity contribution in [2.24, 2.45) is 5.92 Å². The van der Waals surface area contributed by atoms with Gasteiger partial charge in [-0.1, -0.05) is 31.5 Å². The molecule has 0 saturated carbocycles. The Balaban J connectivity index is 2.98. The first kappa shape index (κ1) is 12.5. The summed E-state index contributed by atoms with van der Waals surface area (Å²) >= 11 is 6.01. The fourth-order valence-electron chi connectivity index (χ4n) is 1.74. The fourth-order valence-corrected chi connectivity index (χ4v) is 1.95. The van der Waals surface area contributed by atoms with Crippen LogP contribution < -0.4 is 0 Å². The van der Waals surface area contributed by atoms with E-state index in [1.54, 1.807) is 0 Å². The Bertz CT molecular complexity index is 345. The van der Waals surface area contributed by atoms with Crippen LogP contribution in [0.5, 0.6) is 0 Å². The Kier molecular flexibility index (Phi) is 4.18. The van der Waals surface area contributed by atoms with Crippen molar-refractivity contribution >= 4 is 11.6 Å². The van der Waals surface area contributed by atoms with E-state index in [4.69, 9.17) is 11.6 Å². The summed E-state index contributed by atoms with van der Waals surface area (Å²) in [5, 5.41) is 10.8. The summed E-state index contributed by atoms with van der Waals surface area (Å²) in [6.07, 6.45) is 0.419. The molecule has 1 atom stereocenters. The first-order chi connectivity index (χ1) is 6.91. The highest BCUT2D eigenvalue weighted by molar-refractivity contribution is 6.31. The molecule has 1 nitrogen and oxygen atoms in total. The summed E-state index contributed by atoms with van der Waals surface area (Å²) < 4.78 is 0. The molecule has 1 N–H and O–H groups in total. The number of aliphatic hydroxyl groups is 1. The van der Waals surface area contributed by atoms with Gasteiger partial charge in [0.25, 0.3) is 0 Å². The third-order valence-corrected chi connectivity index (χ3v) is 3.01.